The van der Waals surface area contributed by atoms with Crippen LogP contribution in [0.5, 0.6) is 0 Å². The van der Waals surface area contributed by atoms with Crippen LogP contribution in [-0.4, -0.2) is 10.1 Å². The van der Waals surface area contributed by atoms with Crippen LogP contribution in [0.1, 0.15) is 59.3 Å². The van der Waals surface area contributed by atoms with Gasteiger partial charge in [-0.05, 0) is 38.0 Å². The lowest BCUT2D eigenvalue weighted by Gasteiger charge is -2.38. The summed E-state index contributed by atoms with van der Waals surface area (Å²) in [4.78, 5) is 12.0. The molecule has 1 saturated carbocycles. The van der Waals surface area contributed by atoms with E-state index < -0.39 is 0 Å². The predicted octanol–water partition coefficient (Wildman–Crippen LogP) is 4.09. The van der Waals surface area contributed by atoms with Gasteiger partial charge < -0.3 is 0 Å². The fraction of sp³-hybridized carbons (Fsp3) is 0.786. The highest BCUT2D eigenvalue weighted by molar-refractivity contribution is 9.10. The molecular formula is C14H21BrO. The summed E-state index contributed by atoms with van der Waals surface area (Å²) < 4.78 is -0.278. The minimum absolute atomic E-state index is 0.0377. The largest absolute Gasteiger partial charge is 0.298 e. The van der Waals surface area contributed by atoms with Crippen LogP contribution in [0.25, 0.3) is 0 Å². The lowest BCUT2D eigenvalue weighted by atomic mass is 9.73. The van der Waals surface area contributed by atoms with Gasteiger partial charge in [-0.3, -0.25) is 4.79 Å². The van der Waals surface area contributed by atoms with Crippen molar-refractivity contribution >= 4 is 21.7 Å². The van der Waals surface area contributed by atoms with Crippen molar-refractivity contribution < 1.29 is 4.79 Å². The van der Waals surface area contributed by atoms with E-state index in [1.54, 1.807) is 0 Å². The maximum Gasteiger partial charge on any atom is 0.150 e. The monoisotopic (exact) mass is 284 g/mol. The van der Waals surface area contributed by atoms with Gasteiger partial charge in [-0.15, -0.1) is 11.8 Å². The number of Topliss-reactive ketones (excluding diaryl/α,β-unsaturated/α-hetero) is 1. The molecule has 0 bridgehead atoms. The zero-order valence-corrected chi connectivity index (χ0v) is 12.1. The van der Waals surface area contributed by atoms with E-state index in [2.05, 4.69) is 41.6 Å². The van der Waals surface area contributed by atoms with E-state index in [1.165, 1.54) is 0 Å². The van der Waals surface area contributed by atoms with Crippen molar-refractivity contribution in [1.29, 1.82) is 0 Å². The van der Waals surface area contributed by atoms with E-state index in [-0.39, 0.29) is 9.74 Å². The Bertz CT molecular complexity index is 321. The third-order valence-electron chi connectivity index (χ3n) is 3.72. The Balaban J connectivity index is 2.60. The van der Waals surface area contributed by atoms with Gasteiger partial charge >= 0.3 is 0 Å². The zero-order valence-electron chi connectivity index (χ0n) is 10.5. The van der Waals surface area contributed by atoms with Crippen LogP contribution >= 0.6 is 15.9 Å². The highest BCUT2D eigenvalue weighted by Gasteiger charge is 2.50. The Morgan fingerprint density at radius 1 is 1.50 bits per heavy atom. The molecule has 0 aromatic rings. The highest BCUT2D eigenvalue weighted by atomic mass is 79.9. The van der Waals surface area contributed by atoms with Crippen LogP contribution in [0.15, 0.2) is 0 Å². The number of rotatable bonds is 4. The lowest BCUT2D eigenvalue weighted by molar-refractivity contribution is -0.121. The summed E-state index contributed by atoms with van der Waals surface area (Å²) in [7, 11) is 0. The van der Waals surface area contributed by atoms with E-state index in [4.69, 9.17) is 0 Å². The van der Waals surface area contributed by atoms with Crippen LogP contribution in [0.3, 0.4) is 0 Å². The Hall–Kier alpha value is -0.290. The summed E-state index contributed by atoms with van der Waals surface area (Å²) in [6, 6.07) is 0. The molecular weight excluding hydrogens is 264 g/mol. The number of carbonyl (C=O) groups excluding carboxylic acids is 1. The molecule has 1 aliphatic carbocycles. The molecule has 1 nitrogen and oxygen atoms in total. The minimum atomic E-state index is -0.278. The van der Waals surface area contributed by atoms with Crippen molar-refractivity contribution in [3.8, 4) is 11.8 Å². The molecule has 0 aromatic carbocycles. The van der Waals surface area contributed by atoms with Gasteiger partial charge in [-0.1, -0.05) is 29.8 Å². The number of hydrogen-bond donors (Lipinski definition) is 0. The van der Waals surface area contributed by atoms with Crippen LogP contribution in [0.2, 0.25) is 0 Å². The van der Waals surface area contributed by atoms with Crippen LogP contribution in [0, 0.1) is 17.3 Å². The maximum absolute atomic E-state index is 12.0. The first-order valence-electron chi connectivity index (χ1n) is 6.06. The molecule has 1 aliphatic rings. The Kier molecular flexibility index (Phi) is 4.62. The molecule has 0 spiro atoms. The van der Waals surface area contributed by atoms with Gasteiger partial charge in [-0.2, -0.15) is 0 Å². The second-order valence-electron chi connectivity index (χ2n) is 5.24. The third-order valence-corrected chi connectivity index (χ3v) is 5.63. The number of alkyl halides is 1. The van der Waals surface area contributed by atoms with Gasteiger partial charge in [-0.25, -0.2) is 0 Å². The lowest BCUT2D eigenvalue weighted by Crippen LogP contribution is -2.42. The Labute approximate surface area is 108 Å². The van der Waals surface area contributed by atoms with Crippen LogP contribution in [-0.2, 0) is 4.79 Å². The molecule has 0 radical (unpaired) electrons. The topological polar surface area (TPSA) is 17.1 Å². The van der Waals surface area contributed by atoms with Gasteiger partial charge in [0, 0.05) is 12.8 Å². The van der Waals surface area contributed by atoms with Crippen molar-refractivity contribution in [2.75, 3.05) is 0 Å². The molecule has 1 fully saturated rings. The van der Waals surface area contributed by atoms with Gasteiger partial charge in [0.1, 0.15) is 5.78 Å². The standard InChI is InChI=1S/C14H21BrO/c1-4-5-6-7-10-13(2,3)14(15)11-8-9-12(14)16/h6-11H2,1-3H3. The molecule has 0 amide bonds. The maximum atomic E-state index is 12.0. The molecule has 1 atom stereocenters. The first-order chi connectivity index (χ1) is 7.44. The van der Waals surface area contributed by atoms with Gasteiger partial charge in [0.15, 0.2) is 0 Å². The normalized spacial score (nSPS) is 25.4. The fourth-order valence-electron chi connectivity index (χ4n) is 2.49. The fourth-order valence-corrected chi connectivity index (χ4v) is 3.16. The second-order valence-corrected chi connectivity index (χ2v) is 6.60. The first kappa shape index (κ1) is 13.8. The molecule has 90 valence electrons. The summed E-state index contributed by atoms with van der Waals surface area (Å²) in [6.07, 6.45) is 5.83. The SMILES string of the molecule is CC#CCCCC(C)(C)C1(Br)CCCC1=O. The molecule has 0 saturated heterocycles. The van der Waals surface area contributed by atoms with Crippen LogP contribution < -0.4 is 0 Å². The highest BCUT2D eigenvalue weighted by Crippen LogP contribution is 2.50. The quantitative estimate of drug-likeness (QED) is 0.432. The van der Waals surface area contributed by atoms with Crippen molar-refractivity contribution in [1.82, 2.24) is 0 Å². The molecule has 0 aliphatic heterocycles. The molecule has 1 rings (SSSR count). The molecule has 16 heavy (non-hydrogen) atoms. The summed E-state index contributed by atoms with van der Waals surface area (Å²) in [6.45, 7) is 6.27. The van der Waals surface area contributed by atoms with Crippen molar-refractivity contribution in [3.63, 3.8) is 0 Å². The number of halogens is 1. The summed E-state index contributed by atoms with van der Waals surface area (Å²) >= 11 is 3.72. The average molecular weight is 285 g/mol. The number of unbranched alkanes of at least 4 members (excludes halogenated alkanes) is 1. The zero-order chi connectivity index (χ0) is 12.2. The van der Waals surface area contributed by atoms with E-state index in [0.717, 1.165) is 38.5 Å². The molecule has 2 heteroatoms. The number of ketones is 1. The predicted molar refractivity (Wildman–Crippen MR) is 71.6 cm³/mol. The average Bonchev–Trinajstić information content (AvgIpc) is 2.56. The van der Waals surface area contributed by atoms with E-state index in [1.807, 2.05) is 6.92 Å². The minimum Gasteiger partial charge on any atom is -0.298 e. The molecule has 0 heterocycles. The Morgan fingerprint density at radius 3 is 2.69 bits per heavy atom. The molecule has 0 N–H and O–H groups in total. The van der Waals surface area contributed by atoms with E-state index in [0.29, 0.717) is 5.78 Å². The summed E-state index contributed by atoms with van der Waals surface area (Å²) in [5.74, 6) is 6.39. The van der Waals surface area contributed by atoms with Gasteiger partial charge in [0.05, 0.1) is 4.32 Å². The van der Waals surface area contributed by atoms with Crippen molar-refractivity contribution in [3.05, 3.63) is 0 Å². The van der Waals surface area contributed by atoms with Crippen LogP contribution in [0.4, 0.5) is 0 Å². The number of hydrogen-bond acceptors (Lipinski definition) is 1. The summed E-state index contributed by atoms with van der Waals surface area (Å²) in [5, 5.41) is 0. The first-order valence-corrected chi connectivity index (χ1v) is 6.85. The van der Waals surface area contributed by atoms with Gasteiger partial charge in [0.25, 0.3) is 0 Å². The number of carbonyl (C=O) groups is 1. The van der Waals surface area contributed by atoms with E-state index >= 15 is 0 Å². The smallest absolute Gasteiger partial charge is 0.150 e. The Morgan fingerprint density at radius 2 is 2.19 bits per heavy atom. The third kappa shape index (κ3) is 2.69. The van der Waals surface area contributed by atoms with Crippen molar-refractivity contribution in [2.45, 2.75) is 63.6 Å². The van der Waals surface area contributed by atoms with Gasteiger partial charge in [0.2, 0.25) is 0 Å². The van der Waals surface area contributed by atoms with E-state index in [9.17, 15) is 4.79 Å². The van der Waals surface area contributed by atoms with Crippen molar-refractivity contribution in [2.24, 2.45) is 5.41 Å². The summed E-state index contributed by atoms with van der Waals surface area (Å²) in [5.41, 5.74) is 0.0377. The molecule has 1 unspecified atom stereocenters. The second kappa shape index (κ2) is 5.36. The molecule has 0 aromatic heterocycles.